The van der Waals surface area contributed by atoms with E-state index in [0.29, 0.717) is 3.57 Å². The minimum absolute atomic E-state index is 0.0298. The predicted octanol–water partition coefficient (Wildman–Crippen LogP) is 1.20. The number of aryl methyl sites for hydroxylation is 1. The lowest BCUT2D eigenvalue weighted by molar-refractivity contribution is -0.0618. The zero-order valence-corrected chi connectivity index (χ0v) is 16.8. The van der Waals surface area contributed by atoms with Crippen LogP contribution in [-0.2, 0) is 11.9 Å². The van der Waals surface area contributed by atoms with Gasteiger partial charge in [0.15, 0.2) is 0 Å². The number of benzene rings is 1. The van der Waals surface area contributed by atoms with Crippen molar-refractivity contribution in [1.29, 1.82) is 0 Å². The summed E-state index contributed by atoms with van der Waals surface area (Å²) in [4.78, 5) is 29.7. The Kier molecular flexibility index (Phi) is 7.30. The molecule has 0 unspecified atom stereocenters. The maximum atomic E-state index is 14.2. The Morgan fingerprint density at radius 2 is 2.04 bits per heavy atom. The first-order chi connectivity index (χ1) is 12.8. The van der Waals surface area contributed by atoms with Gasteiger partial charge in [-0.15, -0.1) is 0 Å². The lowest BCUT2D eigenvalue weighted by atomic mass is 10.1. The fourth-order valence-electron chi connectivity index (χ4n) is 2.27. The van der Waals surface area contributed by atoms with Crippen molar-refractivity contribution < 1.29 is 24.2 Å². The number of rotatable bonds is 7. The largest absolute Gasteiger partial charge is 0.393 e. The van der Waals surface area contributed by atoms with Crippen molar-refractivity contribution in [1.82, 2.24) is 10.0 Å². The summed E-state index contributed by atoms with van der Waals surface area (Å²) in [5.41, 5.74) is 2.23. The van der Waals surface area contributed by atoms with Gasteiger partial charge in [0, 0.05) is 22.4 Å². The summed E-state index contributed by atoms with van der Waals surface area (Å²) < 4.78 is 16.1. The normalized spacial score (nSPS) is 10.9. The number of aliphatic hydroxyl groups excluding tert-OH is 2. The number of aromatic nitrogens is 1. The van der Waals surface area contributed by atoms with Gasteiger partial charge in [-0.3, -0.25) is 14.4 Å². The number of carbonyl (C=O) groups excluding carboxylic acids is 1. The van der Waals surface area contributed by atoms with Crippen LogP contribution in [0.15, 0.2) is 29.2 Å². The SMILES string of the molecule is Cc1c(Nc2ccc(I)cc2F)c(C(=O)NOC(CO)CO)cn(C)c1=O. The second kappa shape index (κ2) is 9.26. The van der Waals surface area contributed by atoms with Gasteiger partial charge in [-0.25, -0.2) is 9.87 Å². The van der Waals surface area contributed by atoms with Crippen molar-refractivity contribution in [2.24, 2.45) is 7.05 Å². The standard InChI is InChI=1S/C17H19FIN3O5/c1-9-15(20-14-4-3-10(19)5-13(14)18)12(6-22(2)17(9)26)16(25)21-27-11(7-23)8-24/h3-6,11,20,23-24H,7-8H2,1-2H3,(H,21,25). The Bertz CT molecular complexity index is 899. The Morgan fingerprint density at radius 3 is 2.63 bits per heavy atom. The number of carbonyl (C=O) groups is 1. The van der Waals surface area contributed by atoms with Crippen LogP contribution in [0.3, 0.4) is 0 Å². The maximum Gasteiger partial charge on any atom is 0.278 e. The molecule has 0 bridgehead atoms. The molecule has 0 spiro atoms. The molecule has 0 aliphatic rings. The van der Waals surface area contributed by atoms with E-state index in [0.717, 1.165) is 0 Å². The molecule has 0 aliphatic carbocycles. The summed E-state index contributed by atoms with van der Waals surface area (Å²) in [7, 11) is 1.48. The highest BCUT2D eigenvalue weighted by molar-refractivity contribution is 14.1. The van der Waals surface area contributed by atoms with E-state index < -0.39 is 31.0 Å². The van der Waals surface area contributed by atoms with Gasteiger partial charge < -0.3 is 20.1 Å². The van der Waals surface area contributed by atoms with E-state index in [9.17, 15) is 14.0 Å². The van der Waals surface area contributed by atoms with E-state index in [2.05, 4.69) is 10.8 Å². The highest BCUT2D eigenvalue weighted by Gasteiger charge is 2.20. The van der Waals surface area contributed by atoms with Crippen molar-refractivity contribution in [3.63, 3.8) is 0 Å². The number of nitrogens with one attached hydrogen (secondary N) is 2. The van der Waals surface area contributed by atoms with Crippen molar-refractivity contribution in [2.45, 2.75) is 13.0 Å². The van der Waals surface area contributed by atoms with Crippen LogP contribution in [0.25, 0.3) is 0 Å². The Hall–Kier alpha value is -2.02. The summed E-state index contributed by atoms with van der Waals surface area (Å²) in [5, 5.41) is 20.8. The highest BCUT2D eigenvalue weighted by Crippen LogP contribution is 2.26. The molecule has 10 heteroatoms. The van der Waals surface area contributed by atoms with Gasteiger partial charge in [-0.05, 0) is 47.7 Å². The molecule has 8 nitrogen and oxygen atoms in total. The first kappa shape index (κ1) is 21.3. The zero-order chi connectivity index (χ0) is 20.1. The topological polar surface area (TPSA) is 113 Å². The molecule has 1 aromatic carbocycles. The van der Waals surface area contributed by atoms with Crippen LogP contribution in [0.1, 0.15) is 15.9 Å². The molecule has 27 heavy (non-hydrogen) atoms. The van der Waals surface area contributed by atoms with Gasteiger partial charge in [0.1, 0.15) is 11.9 Å². The molecule has 0 radical (unpaired) electrons. The van der Waals surface area contributed by atoms with Crippen molar-refractivity contribution in [3.05, 3.63) is 55.3 Å². The Morgan fingerprint density at radius 1 is 1.37 bits per heavy atom. The molecule has 4 N–H and O–H groups in total. The summed E-state index contributed by atoms with van der Waals surface area (Å²) in [6, 6.07) is 4.49. The molecule has 0 saturated carbocycles. The van der Waals surface area contributed by atoms with E-state index >= 15 is 0 Å². The summed E-state index contributed by atoms with van der Waals surface area (Å²) in [6.45, 7) is 0.515. The van der Waals surface area contributed by atoms with E-state index in [1.54, 1.807) is 6.07 Å². The Labute approximate surface area is 168 Å². The molecule has 2 rings (SSSR count). The van der Waals surface area contributed by atoms with Gasteiger partial charge in [0.05, 0.1) is 30.2 Å². The number of nitrogens with zero attached hydrogens (tertiary/aromatic N) is 1. The number of hydrogen-bond acceptors (Lipinski definition) is 6. The highest BCUT2D eigenvalue weighted by atomic mass is 127. The average Bonchev–Trinajstić information content (AvgIpc) is 2.64. The number of hydrogen-bond donors (Lipinski definition) is 4. The molecular formula is C17H19FIN3O5. The number of amides is 1. The fraction of sp³-hybridized carbons (Fsp3) is 0.294. The smallest absolute Gasteiger partial charge is 0.278 e. The molecule has 0 fully saturated rings. The molecule has 1 aromatic heterocycles. The fourth-order valence-corrected chi connectivity index (χ4v) is 2.73. The zero-order valence-electron chi connectivity index (χ0n) is 14.6. The molecule has 1 amide bonds. The molecule has 0 saturated heterocycles. The van der Waals surface area contributed by atoms with E-state index in [1.165, 1.54) is 36.9 Å². The number of hydroxylamine groups is 1. The quantitative estimate of drug-likeness (QED) is 0.342. The van der Waals surface area contributed by atoms with Crippen LogP contribution < -0.4 is 16.4 Å². The second-order valence-electron chi connectivity index (χ2n) is 5.74. The van der Waals surface area contributed by atoms with Crippen LogP contribution >= 0.6 is 22.6 Å². The number of pyridine rings is 1. The van der Waals surface area contributed by atoms with Crippen molar-refractivity contribution in [3.8, 4) is 0 Å². The van der Waals surface area contributed by atoms with Crippen LogP contribution in [0.4, 0.5) is 15.8 Å². The average molecular weight is 491 g/mol. The van der Waals surface area contributed by atoms with Crippen molar-refractivity contribution in [2.75, 3.05) is 18.5 Å². The van der Waals surface area contributed by atoms with Crippen LogP contribution in [0, 0.1) is 16.3 Å². The van der Waals surface area contributed by atoms with Gasteiger partial charge in [0.25, 0.3) is 11.5 Å². The van der Waals surface area contributed by atoms with Gasteiger partial charge in [0.2, 0.25) is 0 Å². The van der Waals surface area contributed by atoms with Gasteiger partial charge in [-0.2, -0.15) is 0 Å². The lowest BCUT2D eigenvalue weighted by Crippen LogP contribution is -2.35. The van der Waals surface area contributed by atoms with E-state index in [-0.39, 0.29) is 28.1 Å². The Balaban J connectivity index is 2.42. The third kappa shape index (κ3) is 5.03. The molecule has 0 atom stereocenters. The number of aliphatic hydroxyl groups is 2. The van der Waals surface area contributed by atoms with Crippen molar-refractivity contribution >= 4 is 39.9 Å². The van der Waals surface area contributed by atoms with Crippen LogP contribution in [0.2, 0.25) is 0 Å². The number of halogens is 2. The van der Waals surface area contributed by atoms with E-state index in [1.807, 2.05) is 22.6 Å². The third-order valence-electron chi connectivity index (χ3n) is 3.77. The minimum Gasteiger partial charge on any atom is -0.393 e. The monoisotopic (exact) mass is 491 g/mol. The number of anilines is 2. The molecular weight excluding hydrogens is 472 g/mol. The molecule has 146 valence electrons. The summed E-state index contributed by atoms with van der Waals surface area (Å²) in [5.74, 6) is -1.26. The van der Waals surface area contributed by atoms with Gasteiger partial charge >= 0.3 is 0 Å². The molecule has 0 aliphatic heterocycles. The molecule has 1 heterocycles. The van der Waals surface area contributed by atoms with E-state index in [4.69, 9.17) is 15.1 Å². The van der Waals surface area contributed by atoms with Gasteiger partial charge in [-0.1, -0.05) is 0 Å². The lowest BCUT2D eigenvalue weighted by Gasteiger charge is -2.18. The third-order valence-corrected chi connectivity index (χ3v) is 4.44. The summed E-state index contributed by atoms with van der Waals surface area (Å²) in [6.07, 6.45) is 0.293. The predicted molar refractivity (Wildman–Crippen MR) is 105 cm³/mol. The first-order valence-electron chi connectivity index (χ1n) is 7.88. The van der Waals surface area contributed by atoms with Crippen LogP contribution in [0.5, 0.6) is 0 Å². The summed E-state index contributed by atoms with van der Waals surface area (Å²) >= 11 is 1.97. The van der Waals surface area contributed by atoms with Crippen LogP contribution in [-0.4, -0.2) is 40.0 Å². The minimum atomic E-state index is -0.993. The molecule has 2 aromatic rings. The second-order valence-corrected chi connectivity index (χ2v) is 6.99. The first-order valence-corrected chi connectivity index (χ1v) is 8.96. The maximum absolute atomic E-state index is 14.2.